The van der Waals surface area contributed by atoms with E-state index in [-0.39, 0.29) is 18.1 Å². The third kappa shape index (κ3) is 1.45. The predicted octanol–water partition coefficient (Wildman–Crippen LogP) is 0.919. The Bertz CT molecular complexity index is 425. The molecule has 0 saturated carbocycles. The van der Waals surface area contributed by atoms with Crippen LogP contribution in [0.5, 0.6) is 0 Å². The van der Waals surface area contributed by atoms with Gasteiger partial charge < -0.3 is 15.0 Å². The van der Waals surface area contributed by atoms with Crippen molar-refractivity contribution in [3.05, 3.63) is 23.5 Å². The van der Waals surface area contributed by atoms with Gasteiger partial charge in [-0.25, -0.2) is 0 Å². The van der Waals surface area contributed by atoms with Crippen LogP contribution in [0.3, 0.4) is 0 Å². The third-order valence-electron chi connectivity index (χ3n) is 3.66. The average molecular weight is 220 g/mol. The van der Waals surface area contributed by atoms with Crippen LogP contribution in [-0.4, -0.2) is 22.1 Å². The van der Waals surface area contributed by atoms with Crippen LogP contribution in [0.1, 0.15) is 42.7 Å². The molecular formula is C12H16N2O2. The Morgan fingerprint density at radius 1 is 1.50 bits per heavy atom. The van der Waals surface area contributed by atoms with Crippen molar-refractivity contribution in [1.29, 1.82) is 0 Å². The molecular weight excluding hydrogens is 204 g/mol. The topological polar surface area (TPSA) is 54.3 Å². The summed E-state index contributed by atoms with van der Waals surface area (Å²) in [7, 11) is 0. The molecule has 2 N–H and O–H groups in total. The van der Waals surface area contributed by atoms with E-state index in [1.54, 1.807) is 0 Å². The Hall–Kier alpha value is -1.29. The zero-order valence-electron chi connectivity index (χ0n) is 9.15. The zero-order valence-corrected chi connectivity index (χ0v) is 9.15. The summed E-state index contributed by atoms with van der Waals surface area (Å²) in [6.07, 6.45) is 5.19. The minimum atomic E-state index is -0.310. The van der Waals surface area contributed by atoms with Crippen LogP contribution < -0.4 is 5.32 Å². The van der Waals surface area contributed by atoms with Gasteiger partial charge in [0.25, 0.3) is 0 Å². The predicted molar refractivity (Wildman–Crippen MR) is 59.0 cm³/mol. The van der Waals surface area contributed by atoms with Crippen LogP contribution in [0.25, 0.3) is 0 Å². The molecule has 1 fully saturated rings. The molecule has 1 saturated heterocycles. The number of aliphatic hydroxyl groups excluding tert-OH is 1. The highest BCUT2D eigenvalue weighted by atomic mass is 16.3. The van der Waals surface area contributed by atoms with Crippen molar-refractivity contribution in [3.63, 3.8) is 0 Å². The van der Waals surface area contributed by atoms with Crippen LogP contribution in [0.2, 0.25) is 0 Å². The Labute approximate surface area is 94.3 Å². The summed E-state index contributed by atoms with van der Waals surface area (Å²) in [5, 5.41) is 12.7. The molecule has 2 heterocycles. The lowest BCUT2D eigenvalue weighted by Gasteiger charge is -2.22. The number of hydrogen-bond donors (Lipinski definition) is 2. The first-order chi connectivity index (χ1) is 7.75. The van der Waals surface area contributed by atoms with Crippen molar-refractivity contribution in [2.45, 2.75) is 37.8 Å². The fourth-order valence-electron chi connectivity index (χ4n) is 2.82. The summed E-state index contributed by atoms with van der Waals surface area (Å²) < 4.78 is 2.18. The van der Waals surface area contributed by atoms with Crippen LogP contribution in [0.4, 0.5) is 0 Å². The van der Waals surface area contributed by atoms with Crippen molar-refractivity contribution < 1.29 is 9.90 Å². The van der Waals surface area contributed by atoms with Gasteiger partial charge in [0.2, 0.25) is 5.91 Å². The average Bonchev–Trinajstić information content (AvgIpc) is 2.84. The third-order valence-corrected chi connectivity index (χ3v) is 3.66. The second-order valence-corrected chi connectivity index (χ2v) is 4.70. The highest BCUT2D eigenvalue weighted by molar-refractivity contribution is 5.78. The van der Waals surface area contributed by atoms with E-state index in [0.29, 0.717) is 6.42 Å². The molecule has 2 atom stereocenters. The van der Waals surface area contributed by atoms with E-state index >= 15 is 0 Å². The molecule has 1 aliphatic heterocycles. The van der Waals surface area contributed by atoms with Crippen molar-refractivity contribution in [3.8, 4) is 0 Å². The second kappa shape index (κ2) is 3.63. The van der Waals surface area contributed by atoms with Crippen LogP contribution in [0, 0.1) is 0 Å². The summed E-state index contributed by atoms with van der Waals surface area (Å²) in [6, 6.07) is 2.24. The molecule has 0 bridgehead atoms. The largest absolute Gasteiger partial charge is 0.388 e. The first-order valence-corrected chi connectivity index (χ1v) is 5.90. The number of rotatable bonds is 1. The number of aliphatic hydroxyl groups is 1. The SMILES string of the molecule is O=C1CC(n2ccc3c2CCCC3O)CN1. The Balaban J connectivity index is 1.94. The smallest absolute Gasteiger partial charge is 0.222 e. The molecule has 1 aromatic rings. The molecule has 1 aromatic heterocycles. The van der Waals surface area contributed by atoms with Crippen LogP contribution >= 0.6 is 0 Å². The molecule has 4 heteroatoms. The number of fused-ring (bicyclic) bond motifs is 1. The minimum absolute atomic E-state index is 0.129. The minimum Gasteiger partial charge on any atom is -0.388 e. The summed E-state index contributed by atoms with van der Waals surface area (Å²) in [6.45, 7) is 0.718. The molecule has 0 radical (unpaired) electrons. The molecule has 86 valence electrons. The normalized spacial score (nSPS) is 28.9. The van der Waals surface area contributed by atoms with Gasteiger partial charge in [0.15, 0.2) is 0 Å². The number of nitrogens with one attached hydrogen (secondary N) is 1. The summed E-state index contributed by atoms with van der Waals surface area (Å²) >= 11 is 0. The van der Waals surface area contributed by atoms with Gasteiger partial charge >= 0.3 is 0 Å². The van der Waals surface area contributed by atoms with Gasteiger partial charge in [-0.2, -0.15) is 0 Å². The molecule has 0 spiro atoms. The number of hydrogen-bond acceptors (Lipinski definition) is 2. The van der Waals surface area contributed by atoms with Crippen molar-refractivity contribution in [1.82, 2.24) is 9.88 Å². The molecule has 16 heavy (non-hydrogen) atoms. The van der Waals surface area contributed by atoms with Gasteiger partial charge in [-0.05, 0) is 25.3 Å². The van der Waals surface area contributed by atoms with Crippen molar-refractivity contribution in [2.24, 2.45) is 0 Å². The lowest BCUT2D eigenvalue weighted by atomic mass is 9.95. The lowest BCUT2D eigenvalue weighted by molar-refractivity contribution is -0.119. The fraction of sp³-hybridized carbons (Fsp3) is 0.583. The number of amides is 1. The quantitative estimate of drug-likeness (QED) is 0.739. The molecule has 4 nitrogen and oxygen atoms in total. The second-order valence-electron chi connectivity index (χ2n) is 4.70. The maximum atomic E-state index is 11.2. The Morgan fingerprint density at radius 3 is 3.12 bits per heavy atom. The van der Waals surface area contributed by atoms with Crippen LogP contribution in [-0.2, 0) is 11.2 Å². The van der Waals surface area contributed by atoms with E-state index in [1.807, 2.05) is 12.3 Å². The fourth-order valence-corrected chi connectivity index (χ4v) is 2.82. The first-order valence-electron chi connectivity index (χ1n) is 5.90. The van der Waals surface area contributed by atoms with E-state index < -0.39 is 0 Å². The first kappa shape index (κ1) is 9.90. The van der Waals surface area contributed by atoms with E-state index in [0.717, 1.165) is 31.4 Å². The molecule has 0 aromatic carbocycles. The summed E-state index contributed by atoms with van der Waals surface area (Å²) in [5.41, 5.74) is 2.28. The van der Waals surface area contributed by atoms with E-state index in [2.05, 4.69) is 9.88 Å². The Morgan fingerprint density at radius 2 is 2.38 bits per heavy atom. The monoisotopic (exact) mass is 220 g/mol. The van der Waals surface area contributed by atoms with E-state index in [4.69, 9.17) is 0 Å². The van der Waals surface area contributed by atoms with Gasteiger partial charge in [0.1, 0.15) is 0 Å². The summed E-state index contributed by atoms with van der Waals surface area (Å²) in [5.74, 6) is 0.129. The number of carbonyl (C=O) groups excluding carboxylic acids is 1. The molecule has 1 amide bonds. The number of aromatic nitrogens is 1. The van der Waals surface area contributed by atoms with Crippen molar-refractivity contribution >= 4 is 5.91 Å². The van der Waals surface area contributed by atoms with E-state index in [1.165, 1.54) is 5.69 Å². The summed E-state index contributed by atoms with van der Waals surface area (Å²) in [4.78, 5) is 11.2. The van der Waals surface area contributed by atoms with Gasteiger partial charge in [-0.3, -0.25) is 4.79 Å². The zero-order chi connectivity index (χ0) is 11.1. The number of nitrogens with zero attached hydrogens (tertiary/aromatic N) is 1. The number of carbonyl (C=O) groups is 1. The van der Waals surface area contributed by atoms with Crippen molar-refractivity contribution in [2.75, 3.05) is 6.54 Å². The lowest BCUT2D eigenvalue weighted by Crippen LogP contribution is -2.18. The van der Waals surface area contributed by atoms with Crippen LogP contribution in [0.15, 0.2) is 12.3 Å². The molecule has 2 unspecified atom stereocenters. The maximum absolute atomic E-state index is 11.2. The van der Waals surface area contributed by atoms with E-state index in [9.17, 15) is 9.90 Å². The highest BCUT2D eigenvalue weighted by Crippen LogP contribution is 2.33. The van der Waals surface area contributed by atoms with Gasteiger partial charge in [0.05, 0.1) is 12.1 Å². The standard InChI is InChI=1S/C12H16N2O2/c15-11-3-1-2-10-9(11)4-5-14(10)8-6-12(16)13-7-8/h4-5,8,11,15H,1-3,6-7H2,(H,13,16). The maximum Gasteiger partial charge on any atom is 0.222 e. The van der Waals surface area contributed by atoms with Gasteiger partial charge in [0, 0.05) is 30.4 Å². The Kier molecular flexibility index (Phi) is 2.24. The van der Waals surface area contributed by atoms with Gasteiger partial charge in [-0.1, -0.05) is 0 Å². The molecule has 1 aliphatic carbocycles. The van der Waals surface area contributed by atoms with Gasteiger partial charge in [-0.15, -0.1) is 0 Å². The molecule has 3 rings (SSSR count). The molecule has 2 aliphatic rings. The highest BCUT2D eigenvalue weighted by Gasteiger charge is 2.28.